The molecule has 0 saturated heterocycles. The largest absolute Gasteiger partial charge is 0.506 e. The summed E-state index contributed by atoms with van der Waals surface area (Å²) < 4.78 is 48.1. The molecule has 3 heteroatoms. The predicted octanol–water partition coefficient (Wildman–Crippen LogP) is 2.04. The standard InChI is InChI=1S/C5H15OSi2/c1-7(2)6-8(3,4)5/h1-5H3/q+1/i1D3,2D3. The maximum Gasteiger partial charge on any atom is 0.478 e. The molecule has 0 fully saturated rings. The second-order valence-electron chi connectivity index (χ2n) is 2.54. The summed E-state index contributed by atoms with van der Waals surface area (Å²) in [5.74, 6) is 0. The average molecular weight is 153 g/mol. The summed E-state index contributed by atoms with van der Waals surface area (Å²) in [5.41, 5.74) is 0. The van der Waals surface area contributed by atoms with Crippen LogP contribution in [0.4, 0.5) is 0 Å². The molecule has 0 heterocycles. The van der Waals surface area contributed by atoms with Crippen molar-refractivity contribution < 1.29 is 12.0 Å². The Kier molecular flexibility index (Phi) is 0.825. The molecule has 0 saturated carbocycles. The zero-order valence-electron chi connectivity index (χ0n) is 11.4. The monoisotopic (exact) mass is 153 g/mol. The van der Waals surface area contributed by atoms with E-state index < -0.39 is 30.0 Å². The third-order valence-corrected chi connectivity index (χ3v) is 3.67. The van der Waals surface area contributed by atoms with Gasteiger partial charge in [0.2, 0.25) is 0 Å². The summed E-state index contributed by atoms with van der Waals surface area (Å²) in [7, 11) is -4.89. The molecule has 0 aromatic carbocycles. The predicted molar refractivity (Wildman–Crippen MR) is 41.5 cm³/mol. The van der Waals surface area contributed by atoms with E-state index in [0.29, 0.717) is 0 Å². The second-order valence-corrected chi connectivity index (χ2v) is 8.24. The Bertz CT molecular complexity index is 218. The summed E-state index contributed by atoms with van der Waals surface area (Å²) in [4.78, 5) is 0. The van der Waals surface area contributed by atoms with Crippen molar-refractivity contribution in [1.29, 1.82) is 0 Å². The molecule has 1 nitrogen and oxygen atoms in total. The lowest BCUT2D eigenvalue weighted by Crippen LogP contribution is -2.23. The minimum Gasteiger partial charge on any atom is -0.506 e. The van der Waals surface area contributed by atoms with Gasteiger partial charge in [-0.15, -0.1) is 0 Å². The van der Waals surface area contributed by atoms with E-state index in [0.717, 1.165) is 0 Å². The van der Waals surface area contributed by atoms with Crippen LogP contribution in [0.25, 0.3) is 0 Å². The van der Waals surface area contributed by atoms with Crippen molar-refractivity contribution in [3.8, 4) is 0 Å². The molecule has 0 unspecified atom stereocenters. The van der Waals surface area contributed by atoms with Crippen LogP contribution in [-0.4, -0.2) is 17.0 Å². The van der Waals surface area contributed by atoms with Gasteiger partial charge >= 0.3 is 17.0 Å². The van der Waals surface area contributed by atoms with Gasteiger partial charge in [-0.2, -0.15) is 0 Å². The molecule has 0 N–H and O–H groups in total. The van der Waals surface area contributed by atoms with Crippen LogP contribution in [0, 0.1) is 0 Å². The van der Waals surface area contributed by atoms with E-state index in [1.807, 2.05) is 0 Å². The highest BCUT2D eigenvalue weighted by Gasteiger charge is 2.26. The first-order valence-corrected chi connectivity index (χ1v) is 7.22. The van der Waals surface area contributed by atoms with Crippen molar-refractivity contribution in [2.75, 3.05) is 0 Å². The SMILES string of the molecule is [2H]C([2H])([2H])[Si](=[O+][Si](C)(C)C)C([2H])([2H])[2H]. The average Bonchev–Trinajstić information content (AvgIpc) is 1.75. The van der Waals surface area contributed by atoms with E-state index in [9.17, 15) is 0 Å². The van der Waals surface area contributed by atoms with E-state index in [-0.39, 0.29) is 0 Å². The lowest BCUT2D eigenvalue weighted by atomic mass is 11.8. The molecule has 0 spiro atoms. The Morgan fingerprint density at radius 1 is 1.38 bits per heavy atom. The maximum atomic E-state index is 7.14. The summed E-state index contributed by atoms with van der Waals surface area (Å²) in [6.45, 7) is 0.381. The molecule has 0 aliphatic heterocycles. The van der Waals surface area contributed by atoms with Crippen LogP contribution < -0.4 is 0 Å². The quantitative estimate of drug-likeness (QED) is 0.403. The van der Waals surface area contributed by atoms with Crippen molar-refractivity contribution in [2.24, 2.45) is 0 Å². The molecular formula is C5H15OSi2+. The summed E-state index contributed by atoms with van der Waals surface area (Å²) in [6, 6.07) is 0. The van der Waals surface area contributed by atoms with E-state index >= 15 is 0 Å². The van der Waals surface area contributed by atoms with Crippen LogP contribution in [0.3, 0.4) is 0 Å². The van der Waals surface area contributed by atoms with E-state index in [2.05, 4.69) is 0 Å². The van der Waals surface area contributed by atoms with Crippen LogP contribution in [0.5, 0.6) is 0 Å². The number of rotatable bonds is 1. The Balaban J connectivity index is 5.26. The van der Waals surface area contributed by atoms with Gasteiger partial charge in [0.25, 0.3) is 0 Å². The van der Waals surface area contributed by atoms with Crippen LogP contribution >= 0.6 is 0 Å². The highest BCUT2D eigenvalue weighted by molar-refractivity contribution is 6.71. The third kappa shape index (κ3) is 6.23. The van der Waals surface area contributed by atoms with Gasteiger partial charge < -0.3 is 3.78 Å². The van der Waals surface area contributed by atoms with Crippen molar-refractivity contribution in [3.63, 3.8) is 0 Å². The van der Waals surface area contributed by atoms with Crippen molar-refractivity contribution in [3.05, 3.63) is 0 Å². The van der Waals surface area contributed by atoms with Crippen molar-refractivity contribution in [1.82, 2.24) is 0 Å². The van der Waals surface area contributed by atoms with Gasteiger partial charge in [-0.25, -0.2) is 0 Å². The second kappa shape index (κ2) is 2.68. The van der Waals surface area contributed by atoms with Gasteiger partial charge in [0, 0.05) is 40.8 Å². The first-order valence-electron chi connectivity index (χ1n) is 5.41. The van der Waals surface area contributed by atoms with Gasteiger partial charge in [0.05, 0.1) is 0 Å². The minimum atomic E-state index is -2.77. The smallest absolute Gasteiger partial charge is 0.478 e. The first-order chi connectivity index (χ1) is 5.84. The highest BCUT2D eigenvalue weighted by Crippen LogP contribution is 1.96. The molecule has 0 rings (SSSR count). The van der Waals surface area contributed by atoms with Gasteiger partial charge in [-0.3, -0.25) is 0 Å². The molecule has 0 radical (unpaired) electrons. The lowest BCUT2D eigenvalue weighted by molar-refractivity contribution is 0.337. The zero-order chi connectivity index (χ0) is 11.8. The molecule has 0 aliphatic carbocycles. The van der Waals surface area contributed by atoms with Crippen LogP contribution in [0.1, 0.15) is 8.22 Å². The summed E-state index contributed by atoms with van der Waals surface area (Å²) in [5, 5.41) is 0. The Morgan fingerprint density at radius 3 is 2.00 bits per heavy atom. The number of hydrogen-bond donors (Lipinski definition) is 0. The molecule has 0 aliphatic rings. The normalized spacial score (nSPS) is 25.4. The summed E-state index contributed by atoms with van der Waals surface area (Å²) in [6.07, 6.45) is 0. The number of hydrogen-bond acceptors (Lipinski definition) is 0. The fraction of sp³-hybridized carbons (Fsp3) is 1.00. The lowest BCUT2D eigenvalue weighted by Gasteiger charge is -1.95. The molecule has 0 aromatic heterocycles. The fourth-order valence-electron chi connectivity index (χ4n) is 0.306. The van der Waals surface area contributed by atoms with Gasteiger partial charge in [0.15, 0.2) is 0 Å². The van der Waals surface area contributed by atoms with E-state index in [1.54, 1.807) is 19.6 Å². The fourth-order valence-corrected chi connectivity index (χ4v) is 2.76. The first kappa shape index (κ1) is 2.46. The Labute approximate surface area is 62.7 Å². The third-order valence-electron chi connectivity index (χ3n) is 0.408. The van der Waals surface area contributed by atoms with Gasteiger partial charge in [-0.1, -0.05) is 0 Å². The highest BCUT2D eigenvalue weighted by atomic mass is 28.4. The van der Waals surface area contributed by atoms with E-state index in [4.69, 9.17) is 12.0 Å². The van der Waals surface area contributed by atoms with Crippen molar-refractivity contribution in [2.45, 2.75) is 32.6 Å². The molecule has 0 atom stereocenters. The topological polar surface area (TPSA) is 11.3 Å². The Morgan fingerprint density at radius 2 is 1.88 bits per heavy atom. The zero-order valence-corrected chi connectivity index (χ0v) is 7.41. The van der Waals surface area contributed by atoms with Gasteiger partial charge in [0.1, 0.15) is 0 Å². The molecule has 0 bridgehead atoms. The van der Waals surface area contributed by atoms with Crippen LogP contribution in [0.15, 0.2) is 0 Å². The van der Waals surface area contributed by atoms with Crippen LogP contribution in [-0.2, 0) is 3.78 Å². The Hall–Kier alpha value is 0.234. The van der Waals surface area contributed by atoms with E-state index in [1.165, 1.54) is 0 Å². The maximum absolute atomic E-state index is 7.14. The minimum absolute atomic E-state index is 1.79. The molecule has 0 amide bonds. The summed E-state index contributed by atoms with van der Waals surface area (Å²) >= 11 is 0. The molecule has 8 heavy (non-hydrogen) atoms. The van der Waals surface area contributed by atoms with Gasteiger partial charge in [-0.05, 0) is 0 Å². The molecular weight excluding hydrogens is 132 g/mol. The van der Waals surface area contributed by atoms with Crippen LogP contribution in [0.2, 0.25) is 32.6 Å². The molecule has 0 aromatic rings. The molecule has 48 valence electrons. The van der Waals surface area contributed by atoms with Crippen molar-refractivity contribution >= 4 is 17.0 Å².